The van der Waals surface area contributed by atoms with E-state index in [2.05, 4.69) is 24.0 Å². The second-order valence-electron chi connectivity index (χ2n) is 10.2. The van der Waals surface area contributed by atoms with Gasteiger partial charge in [-0.15, -0.1) is 0 Å². The maximum absolute atomic E-state index is 10.3. The molecule has 41 heavy (non-hydrogen) atoms. The standard InChI is InChI=1S/C32H38ClNO7/c1-4-26(20-7-15-25(16-8-20)40-32-31(38)30(37)29(36)27(19-35)41-32)28(21-5-11-23(33)12-6-21)22-9-13-24(14-10-22)39-18-17-34(2)3/h5-16,27,29-32,35-38H,4,17-19H2,1-3H3/b28-26-/t27-,29-,30+,31-,32-/m0/s1. The predicted octanol–water partition coefficient (Wildman–Crippen LogP) is 3.83. The zero-order valence-corrected chi connectivity index (χ0v) is 24.2. The minimum atomic E-state index is -1.51. The normalized spacial score (nSPS) is 23.3. The first-order valence-electron chi connectivity index (χ1n) is 13.7. The molecule has 4 N–H and O–H groups in total. The molecule has 1 aliphatic rings. The van der Waals surface area contributed by atoms with Gasteiger partial charge in [-0.25, -0.2) is 0 Å². The molecule has 1 heterocycles. The molecule has 0 radical (unpaired) electrons. The van der Waals surface area contributed by atoms with E-state index in [0.717, 1.165) is 46.6 Å². The zero-order valence-electron chi connectivity index (χ0n) is 23.5. The molecule has 0 aromatic heterocycles. The Morgan fingerprint density at radius 2 is 1.37 bits per heavy atom. The third-order valence-electron chi connectivity index (χ3n) is 7.04. The Labute approximate surface area is 246 Å². The van der Waals surface area contributed by atoms with Crippen molar-refractivity contribution in [2.45, 2.75) is 44.1 Å². The van der Waals surface area contributed by atoms with Gasteiger partial charge in [0.05, 0.1) is 6.61 Å². The van der Waals surface area contributed by atoms with E-state index >= 15 is 0 Å². The van der Waals surface area contributed by atoms with Crippen molar-refractivity contribution < 1.29 is 34.6 Å². The van der Waals surface area contributed by atoms with Gasteiger partial charge < -0.3 is 39.5 Å². The van der Waals surface area contributed by atoms with Crippen molar-refractivity contribution in [3.8, 4) is 11.5 Å². The van der Waals surface area contributed by atoms with Gasteiger partial charge in [-0.3, -0.25) is 0 Å². The zero-order chi connectivity index (χ0) is 29.5. The molecule has 0 bridgehead atoms. The van der Waals surface area contributed by atoms with Crippen molar-refractivity contribution in [1.82, 2.24) is 4.90 Å². The van der Waals surface area contributed by atoms with Crippen LogP contribution in [0.1, 0.15) is 30.0 Å². The van der Waals surface area contributed by atoms with Crippen LogP contribution in [0.5, 0.6) is 11.5 Å². The number of allylic oxidation sites excluding steroid dienone is 1. The van der Waals surface area contributed by atoms with E-state index in [1.807, 2.05) is 62.6 Å². The van der Waals surface area contributed by atoms with Crippen molar-refractivity contribution in [2.24, 2.45) is 0 Å². The van der Waals surface area contributed by atoms with E-state index in [-0.39, 0.29) is 0 Å². The van der Waals surface area contributed by atoms with Crippen LogP contribution in [0.25, 0.3) is 11.1 Å². The topological polar surface area (TPSA) is 112 Å². The van der Waals surface area contributed by atoms with Crippen LogP contribution >= 0.6 is 11.6 Å². The van der Waals surface area contributed by atoms with Crippen LogP contribution in [-0.2, 0) is 4.74 Å². The van der Waals surface area contributed by atoms with E-state index in [1.54, 1.807) is 12.1 Å². The van der Waals surface area contributed by atoms with E-state index < -0.39 is 37.3 Å². The minimum absolute atomic E-state index is 0.404. The van der Waals surface area contributed by atoms with Crippen LogP contribution in [0.15, 0.2) is 72.8 Å². The van der Waals surface area contributed by atoms with Crippen molar-refractivity contribution >= 4 is 22.7 Å². The number of benzene rings is 3. The van der Waals surface area contributed by atoms with Crippen molar-refractivity contribution in [3.05, 3.63) is 94.5 Å². The second kappa shape index (κ2) is 14.3. The number of halogens is 1. The molecule has 0 spiro atoms. The fraction of sp³-hybridized carbons (Fsp3) is 0.375. The summed E-state index contributed by atoms with van der Waals surface area (Å²) >= 11 is 6.21. The van der Waals surface area contributed by atoms with Crippen LogP contribution in [-0.4, -0.2) is 89.9 Å². The molecule has 3 aromatic rings. The number of ether oxygens (including phenoxy) is 3. The fourth-order valence-corrected chi connectivity index (χ4v) is 4.88. The molecule has 1 saturated heterocycles. The summed E-state index contributed by atoms with van der Waals surface area (Å²) in [7, 11) is 4.02. The molecule has 1 fully saturated rings. The lowest BCUT2D eigenvalue weighted by Gasteiger charge is -2.39. The Balaban J connectivity index is 1.63. The molecule has 8 nitrogen and oxygen atoms in total. The average molecular weight is 584 g/mol. The van der Waals surface area contributed by atoms with Crippen LogP contribution < -0.4 is 9.47 Å². The number of nitrogens with zero attached hydrogens (tertiary/aromatic N) is 1. The Morgan fingerprint density at radius 3 is 1.93 bits per heavy atom. The van der Waals surface area contributed by atoms with Gasteiger partial charge in [0.25, 0.3) is 0 Å². The Hall–Kier alpha value is -2.95. The molecule has 1 aliphatic heterocycles. The van der Waals surface area contributed by atoms with Crippen LogP contribution in [0, 0.1) is 0 Å². The molecule has 3 aromatic carbocycles. The highest BCUT2D eigenvalue weighted by atomic mass is 35.5. The largest absolute Gasteiger partial charge is 0.492 e. The van der Waals surface area contributed by atoms with Gasteiger partial charge in [0.15, 0.2) is 0 Å². The first-order valence-corrected chi connectivity index (χ1v) is 14.0. The van der Waals surface area contributed by atoms with Gasteiger partial charge in [-0.1, -0.05) is 54.9 Å². The molecule has 0 unspecified atom stereocenters. The molecule has 220 valence electrons. The summed E-state index contributed by atoms with van der Waals surface area (Å²) in [4.78, 5) is 2.07. The maximum Gasteiger partial charge on any atom is 0.229 e. The monoisotopic (exact) mass is 583 g/mol. The maximum atomic E-state index is 10.3. The number of hydrogen-bond acceptors (Lipinski definition) is 8. The molecule has 4 rings (SSSR count). The number of likely N-dealkylation sites (N-methyl/N-ethyl adjacent to an activating group) is 1. The average Bonchev–Trinajstić information content (AvgIpc) is 2.97. The van der Waals surface area contributed by atoms with Gasteiger partial charge >= 0.3 is 0 Å². The molecule has 0 saturated carbocycles. The van der Waals surface area contributed by atoms with E-state index in [1.165, 1.54) is 0 Å². The number of aliphatic hydroxyl groups excluding tert-OH is 4. The Kier molecular flexibility index (Phi) is 10.8. The van der Waals surface area contributed by atoms with Crippen molar-refractivity contribution in [1.29, 1.82) is 0 Å². The third-order valence-corrected chi connectivity index (χ3v) is 7.29. The summed E-state index contributed by atoms with van der Waals surface area (Å²) in [6.07, 6.45) is -5.98. The summed E-state index contributed by atoms with van der Waals surface area (Å²) in [5, 5.41) is 40.5. The predicted molar refractivity (Wildman–Crippen MR) is 159 cm³/mol. The quantitative estimate of drug-likeness (QED) is 0.252. The highest BCUT2D eigenvalue weighted by Crippen LogP contribution is 2.36. The Bertz CT molecular complexity index is 1280. The fourth-order valence-electron chi connectivity index (χ4n) is 4.75. The summed E-state index contributed by atoms with van der Waals surface area (Å²) in [6, 6.07) is 23.2. The lowest BCUT2D eigenvalue weighted by atomic mass is 9.88. The Morgan fingerprint density at radius 1 is 0.805 bits per heavy atom. The molecular weight excluding hydrogens is 546 g/mol. The van der Waals surface area contributed by atoms with Gasteiger partial charge in [-0.2, -0.15) is 0 Å². The lowest BCUT2D eigenvalue weighted by molar-refractivity contribution is -0.277. The number of aliphatic hydroxyl groups is 4. The van der Waals surface area contributed by atoms with Gasteiger partial charge in [-0.05, 0) is 84.8 Å². The summed E-state index contributed by atoms with van der Waals surface area (Å²) < 4.78 is 17.2. The van der Waals surface area contributed by atoms with E-state index in [9.17, 15) is 20.4 Å². The first-order chi connectivity index (χ1) is 19.7. The smallest absolute Gasteiger partial charge is 0.229 e. The van der Waals surface area contributed by atoms with E-state index in [0.29, 0.717) is 17.4 Å². The SMILES string of the molecule is CC/C(=C(\c1ccc(Cl)cc1)c1ccc(OCCN(C)C)cc1)c1ccc(O[C@H]2O[C@@H](CO)[C@H](O)[C@@H](O)[C@@H]2O)cc1. The van der Waals surface area contributed by atoms with Crippen LogP contribution in [0.2, 0.25) is 5.02 Å². The third kappa shape index (κ3) is 7.67. The van der Waals surface area contributed by atoms with Crippen LogP contribution in [0.4, 0.5) is 0 Å². The number of hydrogen-bond donors (Lipinski definition) is 4. The molecule has 9 heteroatoms. The second-order valence-corrected chi connectivity index (χ2v) is 10.7. The van der Waals surface area contributed by atoms with Gasteiger partial charge in [0.2, 0.25) is 6.29 Å². The lowest BCUT2D eigenvalue weighted by Crippen LogP contribution is -2.60. The molecular formula is C32H38ClNO7. The van der Waals surface area contributed by atoms with Crippen molar-refractivity contribution in [2.75, 3.05) is 33.9 Å². The van der Waals surface area contributed by atoms with Gasteiger partial charge in [0, 0.05) is 11.6 Å². The summed E-state index contributed by atoms with van der Waals surface area (Å²) in [6.45, 7) is 3.01. The summed E-state index contributed by atoms with van der Waals surface area (Å²) in [5.74, 6) is 1.21. The number of rotatable bonds is 11. The highest BCUT2D eigenvalue weighted by Gasteiger charge is 2.44. The minimum Gasteiger partial charge on any atom is -0.492 e. The van der Waals surface area contributed by atoms with Gasteiger partial charge in [0.1, 0.15) is 42.5 Å². The van der Waals surface area contributed by atoms with Crippen LogP contribution in [0.3, 0.4) is 0 Å². The first kappa shape index (κ1) is 31.0. The van der Waals surface area contributed by atoms with Crippen molar-refractivity contribution in [3.63, 3.8) is 0 Å². The van der Waals surface area contributed by atoms with E-state index in [4.69, 9.17) is 25.8 Å². The molecule has 0 aliphatic carbocycles. The molecule has 0 amide bonds. The summed E-state index contributed by atoms with van der Waals surface area (Å²) in [5.41, 5.74) is 5.20. The highest BCUT2D eigenvalue weighted by molar-refractivity contribution is 6.30. The molecule has 5 atom stereocenters.